The normalized spacial score (nSPS) is 11.5. The standard InChI is InChI=1S/C24H26ClN3O3S/c1-17(2)27-32(30,31)21-10-11-23(25)22(13-21)24(29)28(15-19-8-6-12-26-14-19)16-20-9-5-4-7-18(20)3/h4-14,17,27H,15-16H2,1-3H3. The lowest BCUT2D eigenvalue weighted by Crippen LogP contribution is -2.32. The number of halogens is 1. The largest absolute Gasteiger partial charge is 0.330 e. The maximum Gasteiger partial charge on any atom is 0.256 e. The van der Waals surface area contributed by atoms with Gasteiger partial charge in [0.25, 0.3) is 5.91 Å². The van der Waals surface area contributed by atoms with E-state index in [2.05, 4.69) is 9.71 Å². The maximum absolute atomic E-state index is 13.6. The Bertz CT molecular complexity index is 1200. The number of benzene rings is 2. The van der Waals surface area contributed by atoms with E-state index in [4.69, 9.17) is 11.6 Å². The van der Waals surface area contributed by atoms with Crippen molar-refractivity contribution in [2.75, 3.05) is 0 Å². The number of rotatable bonds is 8. The van der Waals surface area contributed by atoms with Crippen molar-refractivity contribution >= 4 is 27.5 Å². The van der Waals surface area contributed by atoms with Crippen LogP contribution < -0.4 is 4.72 Å². The Morgan fingerprint density at radius 1 is 1.09 bits per heavy atom. The number of sulfonamides is 1. The summed E-state index contributed by atoms with van der Waals surface area (Å²) in [4.78, 5) is 19.4. The van der Waals surface area contributed by atoms with Gasteiger partial charge in [-0.1, -0.05) is 41.9 Å². The number of amides is 1. The van der Waals surface area contributed by atoms with Crippen LogP contribution in [-0.2, 0) is 23.1 Å². The van der Waals surface area contributed by atoms with E-state index in [0.29, 0.717) is 13.1 Å². The summed E-state index contributed by atoms with van der Waals surface area (Å²) in [5, 5.41) is 0.194. The molecular weight excluding hydrogens is 446 g/mol. The Labute approximate surface area is 194 Å². The van der Waals surface area contributed by atoms with Crippen LogP contribution in [0.4, 0.5) is 0 Å². The van der Waals surface area contributed by atoms with Crippen molar-refractivity contribution in [3.8, 4) is 0 Å². The summed E-state index contributed by atoms with van der Waals surface area (Å²) in [5.41, 5.74) is 3.04. The van der Waals surface area contributed by atoms with Gasteiger partial charge in [0.15, 0.2) is 0 Å². The van der Waals surface area contributed by atoms with Crippen molar-refractivity contribution in [3.63, 3.8) is 0 Å². The van der Waals surface area contributed by atoms with Gasteiger partial charge in [-0.15, -0.1) is 0 Å². The number of pyridine rings is 1. The molecule has 0 unspecified atom stereocenters. The lowest BCUT2D eigenvalue weighted by atomic mass is 10.1. The van der Waals surface area contributed by atoms with Crippen LogP contribution in [-0.4, -0.2) is 30.3 Å². The van der Waals surface area contributed by atoms with Crippen LogP contribution in [0, 0.1) is 6.92 Å². The Morgan fingerprint density at radius 3 is 2.50 bits per heavy atom. The summed E-state index contributed by atoms with van der Waals surface area (Å²) in [5.74, 6) is -0.358. The number of nitrogens with zero attached hydrogens (tertiary/aromatic N) is 2. The maximum atomic E-state index is 13.6. The summed E-state index contributed by atoms with van der Waals surface area (Å²) in [7, 11) is -3.77. The van der Waals surface area contributed by atoms with E-state index < -0.39 is 10.0 Å². The van der Waals surface area contributed by atoms with Crippen molar-refractivity contribution in [2.45, 2.75) is 44.8 Å². The molecule has 0 aliphatic carbocycles. The molecule has 0 saturated carbocycles. The molecule has 6 nitrogen and oxygen atoms in total. The minimum atomic E-state index is -3.77. The van der Waals surface area contributed by atoms with Crippen LogP contribution in [0.2, 0.25) is 5.02 Å². The third-order valence-corrected chi connectivity index (χ3v) is 6.86. The zero-order valence-corrected chi connectivity index (χ0v) is 19.8. The molecule has 0 saturated heterocycles. The molecule has 1 N–H and O–H groups in total. The van der Waals surface area contributed by atoms with Gasteiger partial charge >= 0.3 is 0 Å². The molecule has 32 heavy (non-hydrogen) atoms. The molecule has 0 bridgehead atoms. The summed E-state index contributed by atoms with van der Waals surface area (Å²) < 4.78 is 27.8. The Kier molecular flexibility index (Phi) is 7.66. The van der Waals surface area contributed by atoms with Gasteiger partial charge in [-0.25, -0.2) is 13.1 Å². The molecule has 1 amide bonds. The number of carbonyl (C=O) groups is 1. The summed E-state index contributed by atoms with van der Waals surface area (Å²) in [6, 6.07) is 15.4. The summed E-state index contributed by atoms with van der Waals surface area (Å²) in [6.45, 7) is 6.10. The van der Waals surface area contributed by atoms with Crippen molar-refractivity contribution in [1.82, 2.24) is 14.6 Å². The second kappa shape index (κ2) is 10.3. The van der Waals surface area contributed by atoms with Gasteiger partial charge in [-0.3, -0.25) is 9.78 Å². The molecule has 0 aliphatic rings. The van der Waals surface area contributed by atoms with Crippen LogP contribution >= 0.6 is 11.6 Å². The number of aryl methyl sites for hydroxylation is 1. The second-order valence-corrected chi connectivity index (χ2v) is 9.99. The first kappa shape index (κ1) is 23.9. The number of nitrogens with one attached hydrogen (secondary N) is 1. The Morgan fingerprint density at radius 2 is 1.84 bits per heavy atom. The highest BCUT2D eigenvalue weighted by Gasteiger charge is 2.23. The molecule has 0 aliphatic heterocycles. The van der Waals surface area contributed by atoms with Gasteiger partial charge in [0, 0.05) is 31.5 Å². The molecule has 0 spiro atoms. The third-order valence-electron chi connectivity index (χ3n) is 4.88. The highest BCUT2D eigenvalue weighted by Crippen LogP contribution is 2.24. The fourth-order valence-corrected chi connectivity index (χ4v) is 4.76. The smallest absolute Gasteiger partial charge is 0.256 e. The minimum absolute atomic E-state index is 0.00355. The molecule has 168 valence electrons. The molecule has 8 heteroatoms. The Hall–Kier alpha value is -2.74. The fraction of sp³-hybridized carbons (Fsp3) is 0.250. The van der Waals surface area contributed by atoms with Crippen LogP contribution in [0.5, 0.6) is 0 Å². The third kappa shape index (κ3) is 5.94. The summed E-state index contributed by atoms with van der Waals surface area (Å²) in [6.07, 6.45) is 3.37. The quantitative estimate of drug-likeness (QED) is 0.521. The van der Waals surface area contributed by atoms with Gasteiger partial charge in [0.05, 0.1) is 15.5 Å². The average Bonchev–Trinajstić information content (AvgIpc) is 2.74. The van der Waals surface area contributed by atoms with Crippen molar-refractivity contribution in [3.05, 3.63) is 94.3 Å². The van der Waals surface area contributed by atoms with E-state index in [1.54, 1.807) is 31.1 Å². The Balaban J connectivity index is 2.00. The topological polar surface area (TPSA) is 79.4 Å². The monoisotopic (exact) mass is 471 g/mol. The predicted molar refractivity (Wildman–Crippen MR) is 126 cm³/mol. The molecule has 3 rings (SSSR count). The van der Waals surface area contributed by atoms with Gasteiger partial charge in [0.1, 0.15) is 0 Å². The number of hydrogen-bond acceptors (Lipinski definition) is 4. The van der Waals surface area contributed by atoms with E-state index in [9.17, 15) is 13.2 Å². The molecule has 1 aromatic heterocycles. The fourth-order valence-electron chi connectivity index (χ4n) is 3.29. The van der Waals surface area contributed by atoms with Gasteiger partial charge in [-0.2, -0.15) is 0 Å². The van der Waals surface area contributed by atoms with Crippen LogP contribution in [0.15, 0.2) is 71.9 Å². The van der Waals surface area contributed by atoms with Gasteiger partial charge < -0.3 is 4.90 Å². The van der Waals surface area contributed by atoms with Gasteiger partial charge in [0.2, 0.25) is 10.0 Å². The molecule has 3 aromatic rings. The predicted octanol–water partition coefficient (Wildman–Crippen LogP) is 4.57. The molecule has 0 fully saturated rings. The van der Waals surface area contributed by atoms with Crippen molar-refractivity contribution in [2.24, 2.45) is 0 Å². The van der Waals surface area contributed by atoms with Crippen LogP contribution in [0.3, 0.4) is 0 Å². The highest BCUT2D eigenvalue weighted by molar-refractivity contribution is 7.89. The number of carbonyl (C=O) groups excluding carboxylic acids is 1. The first-order valence-corrected chi connectivity index (χ1v) is 12.1. The number of aromatic nitrogens is 1. The summed E-state index contributed by atoms with van der Waals surface area (Å²) >= 11 is 6.35. The van der Waals surface area contributed by atoms with E-state index in [1.165, 1.54) is 18.2 Å². The van der Waals surface area contributed by atoms with E-state index in [1.807, 2.05) is 43.3 Å². The van der Waals surface area contributed by atoms with E-state index in [0.717, 1.165) is 16.7 Å². The number of hydrogen-bond donors (Lipinski definition) is 1. The highest BCUT2D eigenvalue weighted by atomic mass is 35.5. The molecule has 0 atom stereocenters. The van der Waals surface area contributed by atoms with E-state index in [-0.39, 0.29) is 27.4 Å². The molecule has 1 heterocycles. The zero-order valence-electron chi connectivity index (χ0n) is 18.2. The average molecular weight is 472 g/mol. The minimum Gasteiger partial charge on any atom is -0.330 e. The SMILES string of the molecule is Cc1ccccc1CN(Cc1cccnc1)C(=O)c1cc(S(=O)(=O)NC(C)C)ccc1Cl. The van der Waals surface area contributed by atoms with Crippen molar-refractivity contribution in [1.29, 1.82) is 0 Å². The molecule has 2 aromatic carbocycles. The van der Waals surface area contributed by atoms with Crippen LogP contribution in [0.25, 0.3) is 0 Å². The first-order chi connectivity index (χ1) is 15.2. The van der Waals surface area contributed by atoms with Gasteiger partial charge in [-0.05, 0) is 61.7 Å². The lowest BCUT2D eigenvalue weighted by Gasteiger charge is -2.24. The van der Waals surface area contributed by atoms with Crippen molar-refractivity contribution < 1.29 is 13.2 Å². The van der Waals surface area contributed by atoms with Crippen LogP contribution in [0.1, 0.15) is 40.9 Å². The zero-order chi connectivity index (χ0) is 23.3. The molecule has 0 radical (unpaired) electrons. The first-order valence-electron chi connectivity index (χ1n) is 10.2. The second-order valence-electron chi connectivity index (χ2n) is 7.87. The molecular formula is C24H26ClN3O3S. The lowest BCUT2D eigenvalue weighted by molar-refractivity contribution is 0.0729. The van der Waals surface area contributed by atoms with E-state index >= 15 is 0 Å².